The van der Waals surface area contributed by atoms with Crippen LogP contribution in [-0.4, -0.2) is 23.5 Å². The van der Waals surface area contributed by atoms with Crippen LogP contribution in [0.5, 0.6) is 0 Å². The average molecular weight is 303 g/mol. The van der Waals surface area contributed by atoms with Crippen LogP contribution in [0.3, 0.4) is 0 Å². The predicted molar refractivity (Wildman–Crippen MR) is 84.0 cm³/mol. The summed E-state index contributed by atoms with van der Waals surface area (Å²) in [7, 11) is 0. The van der Waals surface area contributed by atoms with Crippen molar-refractivity contribution < 1.29 is 19.1 Å². The van der Waals surface area contributed by atoms with Crippen LogP contribution in [-0.2, 0) is 11.2 Å². The van der Waals surface area contributed by atoms with E-state index in [2.05, 4.69) is 12.2 Å². The minimum absolute atomic E-state index is 0.148. The topological polar surface area (TPSA) is 79.5 Å². The normalized spacial score (nSPS) is 10.8. The first-order valence-electron chi connectivity index (χ1n) is 7.62. The maximum atomic E-state index is 12.2. The first kappa shape index (κ1) is 16.1. The molecule has 0 aliphatic carbocycles. The molecular weight excluding hydrogens is 282 g/mol. The molecule has 2 rings (SSSR count). The molecule has 1 heterocycles. The van der Waals surface area contributed by atoms with Gasteiger partial charge in [-0.1, -0.05) is 19.4 Å². The molecule has 0 unspecified atom stereocenters. The molecule has 2 aromatic rings. The Morgan fingerprint density at radius 1 is 1.23 bits per heavy atom. The van der Waals surface area contributed by atoms with Gasteiger partial charge in [-0.3, -0.25) is 9.59 Å². The van der Waals surface area contributed by atoms with Gasteiger partial charge in [0.25, 0.3) is 5.91 Å². The van der Waals surface area contributed by atoms with Crippen molar-refractivity contribution in [1.29, 1.82) is 0 Å². The van der Waals surface area contributed by atoms with Crippen LogP contribution in [0.15, 0.2) is 28.9 Å². The number of nitrogens with one attached hydrogen (secondary N) is 1. The van der Waals surface area contributed by atoms with Crippen molar-refractivity contribution in [2.24, 2.45) is 0 Å². The molecule has 1 aromatic heterocycles. The molecule has 0 aliphatic rings. The van der Waals surface area contributed by atoms with Crippen molar-refractivity contribution in [2.75, 3.05) is 6.54 Å². The number of benzene rings is 1. The Balaban J connectivity index is 1.88. The Morgan fingerprint density at radius 3 is 2.77 bits per heavy atom. The van der Waals surface area contributed by atoms with Crippen molar-refractivity contribution in [1.82, 2.24) is 5.32 Å². The van der Waals surface area contributed by atoms with E-state index in [0.717, 1.165) is 30.2 Å². The number of unbranched alkanes of at least 4 members (excludes halogenated alkanes) is 2. The number of fused-ring (bicyclic) bond motifs is 1. The van der Waals surface area contributed by atoms with Crippen LogP contribution in [0.2, 0.25) is 0 Å². The molecule has 5 heteroatoms. The van der Waals surface area contributed by atoms with E-state index >= 15 is 0 Å². The van der Waals surface area contributed by atoms with Gasteiger partial charge in [0.05, 0.1) is 5.56 Å². The highest BCUT2D eigenvalue weighted by atomic mass is 16.4. The van der Waals surface area contributed by atoms with Crippen LogP contribution < -0.4 is 5.32 Å². The van der Waals surface area contributed by atoms with Gasteiger partial charge in [-0.15, -0.1) is 0 Å². The number of carbonyl (C=O) groups excluding carboxylic acids is 1. The van der Waals surface area contributed by atoms with Gasteiger partial charge in [-0.2, -0.15) is 0 Å². The lowest BCUT2D eigenvalue weighted by molar-refractivity contribution is -0.137. The summed E-state index contributed by atoms with van der Waals surface area (Å²) >= 11 is 0. The number of hydrogen-bond acceptors (Lipinski definition) is 3. The number of aliphatic carboxylic acids is 1. The highest BCUT2D eigenvalue weighted by molar-refractivity contribution is 6.06. The first-order chi connectivity index (χ1) is 10.6. The number of hydrogen-bond donors (Lipinski definition) is 2. The fourth-order valence-electron chi connectivity index (χ4n) is 2.35. The molecule has 0 bridgehead atoms. The lowest BCUT2D eigenvalue weighted by atomic mass is 10.1. The standard InChI is InChI=1S/C17H21NO4/c1-2-12-7-8-15-13(10-12)14(11-22-15)17(21)18-9-5-3-4-6-16(19)20/h7-8,10-11H,2-6,9H2,1H3,(H,18,21)(H,19,20). The number of amides is 1. The Labute approximate surface area is 129 Å². The molecule has 0 saturated heterocycles. The van der Waals surface area contributed by atoms with Crippen LogP contribution >= 0.6 is 0 Å². The third kappa shape index (κ3) is 4.10. The summed E-state index contributed by atoms with van der Waals surface area (Å²) in [4.78, 5) is 22.6. The largest absolute Gasteiger partial charge is 0.481 e. The monoisotopic (exact) mass is 303 g/mol. The van der Waals surface area contributed by atoms with Crippen molar-refractivity contribution in [3.05, 3.63) is 35.6 Å². The van der Waals surface area contributed by atoms with E-state index in [-0.39, 0.29) is 12.3 Å². The fourth-order valence-corrected chi connectivity index (χ4v) is 2.35. The van der Waals surface area contributed by atoms with E-state index in [9.17, 15) is 9.59 Å². The van der Waals surface area contributed by atoms with Gasteiger partial charge in [0.2, 0.25) is 0 Å². The van der Waals surface area contributed by atoms with Gasteiger partial charge in [-0.25, -0.2) is 0 Å². The quantitative estimate of drug-likeness (QED) is 0.733. The molecule has 0 fully saturated rings. The van der Waals surface area contributed by atoms with Crippen molar-refractivity contribution in [3.8, 4) is 0 Å². The minimum Gasteiger partial charge on any atom is -0.481 e. The summed E-state index contributed by atoms with van der Waals surface area (Å²) in [5, 5.41) is 12.2. The highest BCUT2D eigenvalue weighted by Crippen LogP contribution is 2.22. The van der Waals surface area contributed by atoms with Gasteiger partial charge < -0.3 is 14.8 Å². The minimum atomic E-state index is -0.777. The second-order valence-electron chi connectivity index (χ2n) is 5.29. The first-order valence-corrected chi connectivity index (χ1v) is 7.62. The smallest absolute Gasteiger partial charge is 0.303 e. The van der Waals surface area contributed by atoms with Crippen molar-refractivity contribution in [3.63, 3.8) is 0 Å². The number of furan rings is 1. The van der Waals surface area contributed by atoms with Gasteiger partial charge in [0, 0.05) is 18.4 Å². The van der Waals surface area contributed by atoms with Crippen LogP contribution in [0.1, 0.15) is 48.5 Å². The van der Waals surface area contributed by atoms with E-state index in [1.54, 1.807) is 0 Å². The summed E-state index contributed by atoms with van der Waals surface area (Å²) in [5.41, 5.74) is 2.43. The molecule has 22 heavy (non-hydrogen) atoms. The zero-order valence-electron chi connectivity index (χ0n) is 12.7. The van der Waals surface area contributed by atoms with E-state index in [0.29, 0.717) is 24.1 Å². The summed E-state index contributed by atoms with van der Waals surface area (Å²) < 4.78 is 5.41. The van der Waals surface area contributed by atoms with E-state index in [4.69, 9.17) is 9.52 Å². The summed E-state index contributed by atoms with van der Waals surface area (Å²) in [5.74, 6) is -0.925. The molecule has 1 amide bonds. The number of carbonyl (C=O) groups is 2. The summed E-state index contributed by atoms with van der Waals surface area (Å²) in [6.45, 7) is 2.61. The van der Waals surface area contributed by atoms with E-state index in [1.807, 2.05) is 18.2 Å². The summed E-state index contributed by atoms with van der Waals surface area (Å²) in [6, 6.07) is 5.87. The Morgan fingerprint density at radius 2 is 2.05 bits per heavy atom. The number of carboxylic acids is 1. The Hall–Kier alpha value is -2.30. The summed E-state index contributed by atoms with van der Waals surface area (Å²) in [6.07, 6.45) is 4.78. The molecule has 0 saturated carbocycles. The number of carboxylic acid groups (broad SMARTS) is 1. The molecule has 2 N–H and O–H groups in total. The maximum Gasteiger partial charge on any atom is 0.303 e. The third-order valence-corrected chi connectivity index (χ3v) is 3.64. The molecule has 0 radical (unpaired) electrons. The molecule has 0 atom stereocenters. The molecule has 5 nitrogen and oxygen atoms in total. The molecule has 118 valence electrons. The number of aryl methyl sites for hydroxylation is 1. The second kappa shape index (κ2) is 7.64. The third-order valence-electron chi connectivity index (χ3n) is 3.64. The van der Waals surface area contributed by atoms with Crippen molar-refractivity contribution >= 4 is 22.8 Å². The Kier molecular flexibility index (Phi) is 5.58. The zero-order valence-corrected chi connectivity index (χ0v) is 12.7. The lowest BCUT2D eigenvalue weighted by Gasteiger charge is -2.04. The highest BCUT2D eigenvalue weighted by Gasteiger charge is 2.13. The second-order valence-corrected chi connectivity index (χ2v) is 5.29. The van der Waals surface area contributed by atoms with Gasteiger partial charge in [0.15, 0.2) is 0 Å². The van der Waals surface area contributed by atoms with Gasteiger partial charge in [0.1, 0.15) is 11.8 Å². The maximum absolute atomic E-state index is 12.2. The number of rotatable bonds is 8. The van der Waals surface area contributed by atoms with Crippen LogP contribution in [0.4, 0.5) is 0 Å². The zero-order chi connectivity index (χ0) is 15.9. The molecule has 0 spiro atoms. The Bertz CT molecular complexity index is 660. The van der Waals surface area contributed by atoms with Crippen LogP contribution in [0.25, 0.3) is 11.0 Å². The lowest BCUT2D eigenvalue weighted by Crippen LogP contribution is -2.24. The molecule has 1 aromatic carbocycles. The fraction of sp³-hybridized carbons (Fsp3) is 0.412. The van der Waals surface area contributed by atoms with Crippen molar-refractivity contribution in [2.45, 2.75) is 39.0 Å². The van der Waals surface area contributed by atoms with Gasteiger partial charge in [-0.05, 0) is 37.0 Å². The van der Waals surface area contributed by atoms with Gasteiger partial charge >= 0.3 is 5.97 Å². The average Bonchev–Trinajstić information content (AvgIpc) is 2.93. The predicted octanol–water partition coefficient (Wildman–Crippen LogP) is 3.37. The van der Waals surface area contributed by atoms with Crippen LogP contribution in [0, 0.1) is 0 Å². The molecule has 0 aliphatic heterocycles. The molecular formula is C17H21NO4. The SMILES string of the molecule is CCc1ccc2occ(C(=O)NCCCCCC(=O)O)c2c1. The van der Waals surface area contributed by atoms with E-state index in [1.165, 1.54) is 6.26 Å². The van der Waals surface area contributed by atoms with E-state index < -0.39 is 5.97 Å².